The number of sulfonamides is 1. The predicted molar refractivity (Wildman–Crippen MR) is 158 cm³/mol. The third kappa shape index (κ3) is 7.53. The van der Waals surface area contributed by atoms with E-state index in [1.54, 1.807) is 11.4 Å². The van der Waals surface area contributed by atoms with Crippen molar-refractivity contribution in [2.45, 2.75) is 64.3 Å². The first-order valence-electron chi connectivity index (χ1n) is 14.8. The van der Waals surface area contributed by atoms with Crippen LogP contribution >= 0.6 is 0 Å². The number of carboxylic acids is 1. The highest BCUT2D eigenvalue weighted by atomic mass is 32.2. The molecule has 226 valence electrons. The highest BCUT2D eigenvalue weighted by molar-refractivity contribution is 7.89. The lowest BCUT2D eigenvalue weighted by Crippen LogP contribution is -2.40. The Morgan fingerprint density at radius 3 is 2.37 bits per heavy atom. The summed E-state index contributed by atoms with van der Waals surface area (Å²) in [6.07, 6.45) is 5.58. The summed E-state index contributed by atoms with van der Waals surface area (Å²) >= 11 is 0. The van der Waals surface area contributed by atoms with Crippen molar-refractivity contribution in [2.24, 2.45) is 5.92 Å². The number of hydrogen-bond acceptors (Lipinski definition) is 7. The second kappa shape index (κ2) is 14.4. The molecule has 1 N–H and O–H groups in total. The van der Waals surface area contributed by atoms with E-state index in [-0.39, 0.29) is 18.5 Å². The molecule has 9 nitrogen and oxygen atoms in total. The number of carboxylic acid groups (broad SMARTS) is 1. The Bertz CT molecular complexity index is 1250. The number of likely N-dealkylation sites (tertiary alicyclic amines) is 1. The van der Waals surface area contributed by atoms with Gasteiger partial charge in [0.1, 0.15) is 5.75 Å². The van der Waals surface area contributed by atoms with Crippen molar-refractivity contribution in [3.8, 4) is 17.2 Å². The van der Waals surface area contributed by atoms with Gasteiger partial charge < -0.3 is 19.3 Å². The summed E-state index contributed by atoms with van der Waals surface area (Å²) in [4.78, 5) is 15.0. The molecule has 3 atom stereocenters. The van der Waals surface area contributed by atoms with Crippen LogP contribution in [0, 0.1) is 5.92 Å². The van der Waals surface area contributed by atoms with E-state index in [0.717, 1.165) is 36.8 Å². The van der Waals surface area contributed by atoms with Crippen LogP contribution in [0.4, 0.5) is 0 Å². The fourth-order valence-corrected chi connectivity index (χ4v) is 7.68. The van der Waals surface area contributed by atoms with Crippen LogP contribution in [0.1, 0.15) is 75.5 Å². The van der Waals surface area contributed by atoms with Crippen molar-refractivity contribution < 1.29 is 32.5 Å². The maximum atomic E-state index is 13.3. The lowest BCUT2D eigenvalue weighted by Gasteiger charge is -2.30. The molecule has 10 heteroatoms. The molecule has 1 unspecified atom stereocenters. The fraction of sp³-hybridized carbons (Fsp3) is 0.581. The molecule has 0 saturated carbocycles. The molecule has 2 heterocycles. The molecule has 2 aliphatic heterocycles. The van der Waals surface area contributed by atoms with Crippen molar-refractivity contribution in [1.29, 1.82) is 0 Å². The third-order valence-corrected chi connectivity index (χ3v) is 10.1. The summed E-state index contributed by atoms with van der Waals surface area (Å²) < 4.78 is 44.6. The van der Waals surface area contributed by atoms with E-state index in [1.165, 1.54) is 0 Å². The van der Waals surface area contributed by atoms with Gasteiger partial charge in [-0.05, 0) is 48.2 Å². The number of unbranched alkanes of at least 4 members (excludes halogenated alkanes) is 4. The van der Waals surface area contributed by atoms with Crippen molar-refractivity contribution in [1.82, 2.24) is 9.21 Å². The van der Waals surface area contributed by atoms with E-state index < -0.39 is 28.0 Å². The minimum Gasteiger partial charge on any atom is -0.497 e. The molecular formula is C31H44N2O7S. The Hall–Kier alpha value is -2.82. The fourth-order valence-electron chi connectivity index (χ4n) is 6.04. The largest absolute Gasteiger partial charge is 0.497 e. The summed E-state index contributed by atoms with van der Waals surface area (Å²) in [7, 11) is -1.82. The summed E-state index contributed by atoms with van der Waals surface area (Å²) in [5.74, 6) is 0.165. The van der Waals surface area contributed by atoms with Gasteiger partial charge in [-0.1, -0.05) is 57.7 Å². The average molecular weight is 589 g/mol. The monoisotopic (exact) mass is 588 g/mol. The Morgan fingerprint density at radius 2 is 1.68 bits per heavy atom. The zero-order chi connectivity index (χ0) is 29.4. The number of carbonyl (C=O) groups is 1. The highest BCUT2D eigenvalue weighted by Crippen LogP contribution is 2.47. The van der Waals surface area contributed by atoms with Crippen LogP contribution in [-0.4, -0.2) is 74.5 Å². The standard InChI is InChI=1S/C31H44N2O7S/c1-4-6-7-8-9-19-41(36,37)33(16-5-2)18-17-32-21-26(24-12-15-27-28(20-24)40-22-39-27)29(31(34)35)30(32)23-10-13-25(38-3)14-11-23/h10-15,20,26,29-30H,4-9,16-19,21-22H2,1-3H3,(H,34,35)/t26?,29-,30+/m0/s1. The Labute approximate surface area is 244 Å². The topological polar surface area (TPSA) is 106 Å². The van der Waals surface area contributed by atoms with Crippen LogP contribution in [0.15, 0.2) is 42.5 Å². The smallest absolute Gasteiger partial charge is 0.309 e. The molecule has 2 aromatic carbocycles. The number of ether oxygens (including phenoxy) is 3. The van der Waals surface area contributed by atoms with Gasteiger partial charge in [-0.25, -0.2) is 12.7 Å². The van der Waals surface area contributed by atoms with Crippen LogP contribution in [0.25, 0.3) is 0 Å². The SMILES string of the molecule is CCCCCCCS(=O)(=O)N(CCC)CCN1CC(c2ccc3c(c2)OCO3)[C@H](C(=O)O)[C@H]1c1ccc(OC)cc1. The van der Waals surface area contributed by atoms with Gasteiger partial charge in [0, 0.05) is 38.1 Å². The first kappa shape index (κ1) is 31.1. The minimum absolute atomic E-state index is 0.146. The summed E-state index contributed by atoms with van der Waals surface area (Å²) in [5, 5.41) is 10.5. The maximum absolute atomic E-state index is 13.3. The lowest BCUT2D eigenvalue weighted by molar-refractivity contribution is -0.143. The molecule has 0 bridgehead atoms. The van der Waals surface area contributed by atoms with Gasteiger partial charge in [0.25, 0.3) is 0 Å². The van der Waals surface area contributed by atoms with E-state index in [0.29, 0.717) is 56.3 Å². The van der Waals surface area contributed by atoms with E-state index in [9.17, 15) is 18.3 Å². The van der Waals surface area contributed by atoms with Crippen LogP contribution in [-0.2, 0) is 14.8 Å². The molecule has 41 heavy (non-hydrogen) atoms. The molecule has 0 aliphatic carbocycles. The molecule has 4 rings (SSSR count). The number of aliphatic carboxylic acids is 1. The van der Waals surface area contributed by atoms with E-state index in [1.807, 2.05) is 49.4 Å². The molecule has 2 aromatic rings. The van der Waals surface area contributed by atoms with Gasteiger partial charge in [-0.2, -0.15) is 0 Å². The van der Waals surface area contributed by atoms with Crippen molar-refractivity contribution in [2.75, 3.05) is 45.8 Å². The Balaban J connectivity index is 1.59. The minimum atomic E-state index is -3.41. The van der Waals surface area contributed by atoms with Crippen molar-refractivity contribution in [3.63, 3.8) is 0 Å². The highest BCUT2D eigenvalue weighted by Gasteiger charge is 2.47. The quantitative estimate of drug-likeness (QED) is 0.264. The van der Waals surface area contributed by atoms with Crippen LogP contribution < -0.4 is 14.2 Å². The van der Waals surface area contributed by atoms with Crippen LogP contribution in [0.5, 0.6) is 17.2 Å². The number of fused-ring (bicyclic) bond motifs is 1. The molecule has 0 spiro atoms. The molecule has 0 radical (unpaired) electrons. The van der Waals surface area contributed by atoms with Crippen molar-refractivity contribution in [3.05, 3.63) is 53.6 Å². The number of nitrogens with zero attached hydrogens (tertiary/aromatic N) is 2. The van der Waals surface area contributed by atoms with Gasteiger partial charge in [0.05, 0.1) is 18.8 Å². The number of hydrogen-bond donors (Lipinski definition) is 1. The normalized spacial score (nSPS) is 20.5. The second-order valence-electron chi connectivity index (χ2n) is 10.9. The second-order valence-corrected chi connectivity index (χ2v) is 13.0. The molecule has 0 amide bonds. The summed E-state index contributed by atoms with van der Waals surface area (Å²) in [6, 6.07) is 12.7. The van der Waals surface area contributed by atoms with Crippen LogP contribution in [0.2, 0.25) is 0 Å². The first-order chi connectivity index (χ1) is 19.8. The zero-order valence-electron chi connectivity index (χ0n) is 24.5. The number of rotatable bonds is 16. The summed E-state index contributed by atoms with van der Waals surface area (Å²) in [5.41, 5.74) is 1.73. The molecule has 1 saturated heterocycles. The Morgan fingerprint density at radius 1 is 0.976 bits per heavy atom. The van der Waals surface area contributed by atoms with Gasteiger partial charge in [0.2, 0.25) is 16.8 Å². The molecular weight excluding hydrogens is 544 g/mol. The number of benzene rings is 2. The van der Waals surface area contributed by atoms with Gasteiger partial charge in [-0.3, -0.25) is 9.69 Å². The lowest BCUT2D eigenvalue weighted by atomic mass is 9.82. The Kier molecular flexibility index (Phi) is 10.9. The number of methoxy groups -OCH3 is 1. The molecule has 0 aromatic heterocycles. The van der Waals surface area contributed by atoms with Crippen molar-refractivity contribution >= 4 is 16.0 Å². The van der Waals surface area contributed by atoms with E-state index in [2.05, 4.69) is 11.8 Å². The molecule has 1 fully saturated rings. The van der Waals surface area contributed by atoms with E-state index in [4.69, 9.17) is 14.2 Å². The first-order valence-corrected chi connectivity index (χ1v) is 16.4. The summed E-state index contributed by atoms with van der Waals surface area (Å²) in [6.45, 7) is 5.94. The average Bonchev–Trinajstić information content (AvgIpc) is 3.59. The van der Waals surface area contributed by atoms with Gasteiger partial charge >= 0.3 is 5.97 Å². The van der Waals surface area contributed by atoms with Gasteiger partial charge in [0.15, 0.2) is 11.5 Å². The predicted octanol–water partition coefficient (Wildman–Crippen LogP) is 5.28. The van der Waals surface area contributed by atoms with Gasteiger partial charge in [-0.15, -0.1) is 0 Å². The van der Waals surface area contributed by atoms with Crippen LogP contribution in [0.3, 0.4) is 0 Å². The zero-order valence-corrected chi connectivity index (χ0v) is 25.3. The third-order valence-electron chi connectivity index (χ3n) is 8.17. The van der Waals surface area contributed by atoms with E-state index >= 15 is 0 Å². The molecule has 2 aliphatic rings. The maximum Gasteiger partial charge on any atom is 0.309 e.